The third-order valence-corrected chi connectivity index (χ3v) is 5.75. The Hall–Kier alpha value is -2.62. The molecule has 4 heteroatoms. The highest BCUT2D eigenvalue weighted by Crippen LogP contribution is 2.28. The van der Waals surface area contributed by atoms with Crippen molar-refractivity contribution in [3.63, 3.8) is 0 Å². The van der Waals surface area contributed by atoms with Gasteiger partial charge in [0, 0.05) is 24.8 Å². The minimum absolute atomic E-state index is 0.211. The van der Waals surface area contributed by atoms with Crippen LogP contribution in [0, 0.1) is 20.8 Å². The number of hydrogen-bond acceptors (Lipinski definition) is 2. The van der Waals surface area contributed by atoms with E-state index in [1.54, 1.807) is 0 Å². The molecule has 0 radical (unpaired) electrons. The number of imidazole rings is 1. The minimum atomic E-state index is 0.211. The number of piperidine rings is 1. The largest absolute Gasteiger partial charge is 0.342 e. The molecule has 1 aliphatic rings. The highest BCUT2D eigenvalue weighted by Gasteiger charge is 2.22. The molecule has 2 aromatic heterocycles. The van der Waals surface area contributed by atoms with E-state index in [1.165, 1.54) is 17.5 Å². The van der Waals surface area contributed by atoms with Crippen LogP contribution in [-0.4, -0.2) is 33.3 Å². The van der Waals surface area contributed by atoms with Crippen molar-refractivity contribution >= 4 is 11.6 Å². The Morgan fingerprint density at radius 2 is 1.78 bits per heavy atom. The Labute approximate surface area is 160 Å². The maximum atomic E-state index is 13.0. The van der Waals surface area contributed by atoms with Gasteiger partial charge in [-0.2, -0.15) is 0 Å². The molecule has 0 aliphatic carbocycles. The lowest BCUT2D eigenvalue weighted by Crippen LogP contribution is -2.36. The molecule has 0 spiro atoms. The summed E-state index contributed by atoms with van der Waals surface area (Å²) in [5.41, 5.74) is 7.58. The molecule has 0 saturated carbocycles. The Balaban J connectivity index is 1.80. The van der Waals surface area contributed by atoms with Gasteiger partial charge in [0.1, 0.15) is 5.65 Å². The number of carbonyl (C=O) groups excluding carboxylic acids is 1. The zero-order valence-electron chi connectivity index (χ0n) is 16.5. The molecule has 0 bridgehead atoms. The van der Waals surface area contributed by atoms with Gasteiger partial charge in [0.05, 0.1) is 17.8 Å². The molecule has 1 saturated heterocycles. The van der Waals surface area contributed by atoms with E-state index in [4.69, 9.17) is 4.98 Å². The fraction of sp³-hybridized carbons (Fsp3) is 0.391. The summed E-state index contributed by atoms with van der Waals surface area (Å²) in [6, 6.07) is 10.5. The van der Waals surface area contributed by atoms with Crippen molar-refractivity contribution in [2.24, 2.45) is 0 Å². The summed E-state index contributed by atoms with van der Waals surface area (Å²) in [6.07, 6.45) is 5.88. The third kappa shape index (κ3) is 3.36. The van der Waals surface area contributed by atoms with Crippen LogP contribution in [0.1, 0.15) is 41.6 Å². The van der Waals surface area contributed by atoms with Gasteiger partial charge in [-0.25, -0.2) is 4.98 Å². The van der Waals surface area contributed by atoms with Crippen LogP contribution in [0.4, 0.5) is 0 Å². The molecule has 4 nitrogen and oxygen atoms in total. The normalized spacial score (nSPS) is 14.7. The van der Waals surface area contributed by atoms with Crippen LogP contribution in [0.2, 0.25) is 0 Å². The maximum Gasteiger partial charge on any atom is 0.228 e. The number of fused-ring (bicyclic) bond motifs is 1. The molecule has 0 unspecified atom stereocenters. The first-order valence-electron chi connectivity index (χ1n) is 9.86. The van der Waals surface area contributed by atoms with Crippen molar-refractivity contribution in [3.05, 3.63) is 58.9 Å². The molecule has 1 fully saturated rings. The van der Waals surface area contributed by atoms with Crippen LogP contribution in [-0.2, 0) is 11.2 Å². The number of amides is 1. The van der Waals surface area contributed by atoms with E-state index in [9.17, 15) is 4.79 Å². The van der Waals surface area contributed by atoms with Crippen molar-refractivity contribution < 1.29 is 4.79 Å². The van der Waals surface area contributed by atoms with Gasteiger partial charge in [-0.15, -0.1) is 0 Å². The summed E-state index contributed by atoms with van der Waals surface area (Å²) in [4.78, 5) is 19.9. The molecule has 27 heavy (non-hydrogen) atoms. The number of aryl methyl sites for hydroxylation is 3. The molecule has 140 valence electrons. The van der Waals surface area contributed by atoms with E-state index in [-0.39, 0.29) is 5.91 Å². The minimum Gasteiger partial charge on any atom is -0.342 e. The molecule has 3 aromatic rings. The second-order valence-corrected chi connectivity index (χ2v) is 7.71. The van der Waals surface area contributed by atoms with Crippen LogP contribution in [0.5, 0.6) is 0 Å². The summed E-state index contributed by atoms with van der Waals surface area (Å²) in [5.74, 6) is 0.211. The SMILES string of the molecule is Cc1ccc(-c2nc3c(C)cccn3c2CC(=O)N2CCCCC2)cc1C. The summed E-state index contributed by atoms with van der Waals surface area (Å²) in [5, 5.41) is 0. The second-order valence-electron chi connectivity index (χ2n) is 7.71. The van der Waals surface area contributed by atoms with E-state index < -0.39 is 0 Å². The van der Waals surface area contributed by atoms with Crippen molar-refractivity contribution in [2.75, 3.05) is 13.1 Å². The first kappa shape index (κ1) is 17.8. The first-order valence-corrected chi connectivity index (χ1v) is 9.86. The number of pyridine rings is 1. The summed E-state index contributed by atoms with van der Waals surface area (Å²) >= 11 is 0. The number of benzene rings is 1. The monoisotopic (exact) mass is 361 g/mol. The Kier molecular flexibility index (Phi) is 4.73. The van der Waals surface area contributed by atoms with E-state index in [0.717, 1.165) is 54.1 Å². The lowest BCUT2D eigenvalue weighted by Gasteiger charge is -2.26. The molecular weight excluding hydrogens is 334 g/mol. The van der Waals surface area contributed by atoms with E-state index in [1.807, 2.05) is 17.2 Å². The average molecular weight is 361 g/mol. The third-order valence-electron chi connectivity index (χ3n) is 5.75. The zero-order valence-corrected chi connectivity index (χ0v) is 16.5. The first-order chi connectivity index (χ1) is 13.0. The smallest absolute Gasteiger partial charge is 0.228 e. The van der Waals surface area contributed by atoms with Crippen molar-refractivity contribution in [1.29, 1.82) is 0 Å². The number of carbonyl (C=O) groups is 1. The second kappa shape index (κ2) is 7.18. The molecule has 1 aliphatic heterocycles. The molecular formula is C23H27N3O. The molecule has 0 atom stereocenters. The standard InChI is InChI=1S/C23H27N3O/c1-16-9-10-19(14-18(16)3)22-20(15-21(27)25-11-5-4-6-12-25)26-13-7-8-17(2)23(26)24-22/h7-10,13-14H,4-6,11-12,15H2,1-3H3. The summed E-state index contributed by atoms with van der Waals surface area (Å²) < 4.78 is 2.10. The highest BCUT2D eigenvalue weighted by atomic mass is 16.2. The molecule has 1 aromatic carbocycles. The Morgan fingerprint density at radius 3 is 2.52 bits per heavy atom. The lowest BCUT2D eigenvalue weighted by atomic mass is 10.0. The van der Waals surface area contributed by atoms with Crippen molar-refractivity contribution in [1.82, 2.24) is 14.3 Å². The Bertz CT molecular complexity index is 996. The molecule has 1 amide bonds. The van der Waals surface area contributed by atoms with Crippen molar-refractivity contribution in [3.8, 4) is 11.3 Å². The van der Waals surface area contributed by atoms with E-state index in [0.29, 0.717) is 6.42 Å². The molecule has 0 N–H and O–H groups in total. The maximum absolute atomic E-state index is 13.0. The van der Waals surface area contributed by atoms with E-state index >= 15 is 0 Å². The van der Waals surface area contributed by atoms with Gasteiger partial charge >= 0.3 is 0 Å². The van der Waals surface area contributed by atoms with Gasteiger partial charge < -0.3 is 9.30 Å². The molecule has 3 heterocycles. The summed E-state index contributed by atoms with van der Waals surface area (Å²) in [6.45, 7) is 8.08. The van der Waals surface area contributed by atoms with Gasteiger partial charge in [-0.1, -0.05) is 18.2 Å². The molecule has 4 rings (SSSR count). The van der Waals surface area contributed by atoms with Gasteiger partial charge in [0.2, 0.25) is 5.91 Å². The predicted octanol–water partition coefficient (Wildman–Crippen LogP) is 4.48. The van der Waals surface area contributed by atoms with Crippen LogP contribution in [0.15, 0.2) is 36.5 Å². The fourth-order valence-corrected chi connectivity index (χ4v) is 3.94. The number of nitrogens with zero attached hydrogens (tertiary/aromatic N) is 3. The van der Waals surface area contributed by atoms with Gasteiger partial charge in [-0.3, -0.25) is 4.79 Å². The predicted molar refractivity (Wildman–Crippen MR) is 109 cm³/mol. The fourth-order valence-electron chi connectivity index (χ4n) is 3.94. The van der Waals surface area contributed by atoms with Crippen LogP contribution >= 0.6 is 0 Å². The van der Waals surface area contributed by atoms with Crippen LogP contribution in [0.3, 0.4) is 0 Å². The lowest BCUT2D eigenvalue weighted by molar-refractivity contribution is -0.131. The zero-order chi connectivity index (χ0) is 19.0. The van der Waals surface area contributed by atoms with Crippen LogP contribution < -0.4 is 0 Å². The van der Waals surface area contributed by atoms with Gasteiger partial charge in [0.15, 0.2) is 0 Å². The Morgan fingerprint density at radius 1 is 1.00 bits per heavy atom. The van der Waals surface area contributed by atoms with E-state index in [2.05, 4.69) is 49.4 Å². The van der Waals surface area contributed by atoms with Crippen LogP contribution in [0.25, 0.3) is 16.9 Å². The quantitative estimate of drug-likeness (QED) is 0.690. The topological polar surface area (TPSA) is 37.6 Å². The number of aromatic nitrogens is 2. The summed E-state index contributed by atoms with van der Waals surface area (Å²) in [7, 11) is 0. The average Bonchev–Trinajstić information content (AvgIpc) is 3.04. The number of likely N-dealkylation sites (tertiary alicyclic amines) is 1. The highest BCUT2D eigenvalue weighted by molar-refractivity contribution is 5.82. The van der Waals surface area contributed by atoms with Crippen molar-refractivity contribution in [2.45, 2.75) is 46.5 Å². The van der Waals surface area contributed by atoms with Gasteiger partial charge in [-0.05, 0) is 68.9 Å². The number of rotatable bonds is 3. The number of hydrogen-bond donors (Lipinski definition) is 0. The van der Waals surface area contributed by atoms with Gasteiger partial charge in [0.25, 0.3) is 0 Å².